The summed E-state index contributed by atoms with van der Waals surface area (Å²) < 4.78 is 10.7. The summed E-state index contributed by atoms with van der Waals surface area (Å²) in [4.78, 5) is 34.4. The van der Waals surface area contributed by atoms with E-state index in [2.05, 4.69) is 33.8 Å². The van der Waals surface area contributed by atoms with Crippen molar-refractivity contribution in [3.63, 3.8) is 0 Å². The molecular weight excluding hydrogens is 508 g/mol. The van der Waals surface area contributed by atoms with Crippen LogP contribution in [-0.4, -0.2) is 60.0 Å². The first-order chi connectivity index (χ1) is 18.2. The zero-order valence-corrected chi connectivity index (χ0v) is 22.3. The Kier molecular flexibility index (Phi) is 9.89. The Labute approximate surface area is 227 Å². The minimum atomic E-state index is -0.310. The Morgan fingerprint density at radius 3 is 2.63 bits per heavy atom. The van der Waals surface area contributed by atoms with E-state index >= 15 is 0 Å². The number of halogens is 1. The van der Waals surface area contributed by atoms with Gasteiger partial charge in [0.15, 0.2) is 5.75 Å². The summed E-state index contributed by atoms with van der Waals surface area (Å²) in [6.45, 7) is 6.69. The molecule has 0 aliphatic carbocycles. The average molecular weight is 539 g/mol. The van der Waals surface area contributed by atoms with Crippen molar-refractivity contribution in [2.45, 2.75) is 19.4 Å². The molecule has 1 aliphatic rings. The number of anilines is 3. The second-order valence-electron chi connectivity index (χ2n) is 8.45. The molecule has 1 aromatic heterocycles. The van der Waals surface area contributed by atoms with E-state index in [1.54, 1.807) is 31.2 Å². The predicted molar refractivity (Wildman–Crippen MR) is 149 cm³/mol. The molecule has 0 bridgehead atoms. The van der Waals surface area contributed by atoms with E-state index in [0.717, 1.165) is 30.9 Å². The molecule has 0 saturated carbocycles. The standard InChI is InChI=1S/C14H12ClN3O3.C13H19N3O/c1-3-12(19)17-9-5-4-6-10(7-9)21-13-11(20-2)8-16-14(15)18-13;1-10(17)16-8-7-13(9-16)15(2)12-5-3-11(14)4-6-12/h3-8H,1H2,2H3,(H,17,19);3-6,13H,7-9,14H2,1-2H3/t;13-/m.0/s1. The third-order valence-corrected chi connectivity index (χ3v) is 6.05. The van der Waals surface area contributed by atoms with Gasteiger partial charge in [-0.15, -0.1) is 0 Å². The van der Waals surface area contributed by atoms with Gasteiger partial charge >= 0.3 is 0 Å². The highest BCUT2D eigenvalue weighted by Crippen LogP contribution is 2.30. The lowest BCUT2D eigenvalue weighted by Gasteiger charge is -2.26. The Morgan fingerprint density at radius 1 is 1.26 bits per heavy atom. The predicted octanol–water partition coefficient (Wildman–Crippen LogP) is 4.38. The van der Waals surface area contributed by atoms with Crippen molar-refractivity contribution < 1.29 is 19.1 Å². The molecule has 200 valence electrons. The van der Waals surface area contributed by atoms with Crippen LogP contribution in [0, 0.1) is 0 Å². The fourth-order valence-electron chi connectivity index (χ4n) is 3.75. The number of hydrogen-bond acceptors (Lipinski definition) is 8. The lowest BCUT2D eigenvalue weighted by molar-refractivity contribution is -0.127. The fourth-order valence-corrected chi connectivity index (χ4v) is 3.88. The highest BCUT2D eigenvalue weighted by molar-refractivity contribution is 6.28. The quantitative estimate of drug-likeness (QED) is 0.258. The van der Waals surface area contributed by atoms with E-state index in [9.17, 15) is 9.59 Å². The van der Waals surface area contributed by atoms with E-state index in [-0.39, 0.29) is 23.0 Å². The number of nitrogen functional groups attached to an aromatic ring is 1. The summed E-state index contributed by atoms with van der Waals surface area (Å²) in [7, 11) is 3.54. The lowest BCUT2D eigenvalue weighted by Crippen LogP contribution is -2.35. The number of nitrogens with one attached hydrogen (secondary N) is 1. The van der Waals surface area contributed by atoms with Gasteiger partial charge < -0.3 is 30.3 Å². The van der Waals surface area contributed by atoms with E-state index < -0.39 is 0 Å². The van der Waals surface area contributed by atoms with Crippen molar-refractivity contribution in [3.8, 4) is 17.4 Å². The van der Waals surface area contributed by atoms with Gasteiger partial charge in [-0.05, 0) is 60.5 Å². The SMILES string of the molecule is C=CC(=O)Nc1cccc(Oc2nc(Cl)ncc2OC)c1.CC(=O)N1CC[C@H](N(C)c2ccc(N)cc2)C1. The van der Waals surface area contributed by atoms with E-state index in [4.69, 9.17) is 26.8 Å². The summed E-state index contributed by atoms with van der Waals surface area (Å²) in [5.41, 5.74) is 8.16. The van der Waals surface area contributed by atoms with Crippen LogP contribution in [0.15, 0.2) is 67.4 Å². The number of hydrogen-bond donors (Lipinski definition) is 2. The monoisotopic (exact) mass is 538 g/mol. The van der Waals surface area contributed by atoms with Crippen molar-refractivity contribution in [2.75, 3.05) is 43.2 Å². The van der Waals surface area contributed by atoms with Gasteiger partial charge in [0.2, 0.25) is 17.1 Å². The van der Waals surface area contributed by atoms with Crippen molar-refractivity contribution in [2.24, 2.45) is 0 Å². The van der Waals surface area contributed by atoms with Crippen molar-refractivity contribution in [1.29, 1.82) is 0 Å². The van der Waals surface area contributed by atoms with Gasteiger partial charge in [0.05, 0.1) is 13.3 Å². The summed E-state index contributed by atoms with van der Waals surface area (Å²) in [5, 5.41) is 2.67. The molecule has 0 spiro atoms. The largest absolute Gasteiger partial charge is 0.490 e. The summed E-state index contributed by atoms with van der Waals surface area (Å²) in [6.07, 6.45) is 3.62. The highest BCUT2D eigenvalue weighted by Gasteiger charge is 2.27. The number of ether oxygens (including phenoxy) is 2. The zero-order chi connectivity index (χ0) is 27.7. The van der Waals surface area contributed by atoms with Crippen LogP contribution in [0.2, 0.25) is 5.28 Å². The van der Waals surface area contributed by atoms with E-state index in [1.165, 1.54) is 19.4 Å². The second-order valence-corrected chi connectivity index (χ2v) is 8.78. The number of methoxy groups -OCH3 is 1. The molecule has 1 fully saturated rings. The van der Waals surface area contributed by atoms with Crippen molar-refractivity contribution in [3.05, 3.63) is 72.7 Å². The average Bonchev–Trinajstić information content (AvgIpc) is 3.40. The molecule has 3 aromatic rings. The Balaban J connectivity index is 0.000000215. The van der Waals surface area contributed by atoms with Crippen LogP contribution >= 0.6 is 11.6 Å². The number of rotatable bonds is 7. The smallest absolute Gasteiger partial charge is 0.267 e. The molecule has 38 heavy (non-hydrogen) atoms. The summed E-state index contributed by atoms with van der Waals surface area (Å²) in [6, 6.07) is 15.0. The number of amides is 2. The Morgan fingerprint density at radius 2 is 2.00 bits per heavy atom. The van der Waals surface area contributed by atoms with Gasteiger partial charge in [0.1, 0.15) is 5.75 Å². The second kappa shape index (κ2) is 13.3. The number of likely N-dealkylation sites (N-methyl/N-ethyl adjacent to an activating group) is 1. The number of benzene rings is 2. The molecule has 0 unspecified atom stereocenters. The van der Waals surface area contributed by atoms with Crippen LogP contribution in [0.1, 0.15) is 13.3 Å². The van der Waals surface area contributed by atoms with E-state index in [1.807, 2.05) is 29.2 Å². The van der Waals surface area contributed by atoms with Gasteiger partial charge in [-0.2, -0.15) is 4.98 Å². The van der Waals surface area contributed by atoms with E-state index in [0.29, 0.717) is 23.2 Å². The molecule has 1 saturated heterocycles. The number of nitrogens with zero attached hydrogens (tertiary/aromatic N) is 4. The minimum absolute atomic E-state index is 0.0434. The molecule has 11 heteroatoms. The van der Waals surface area contributed by atoms with Gasteiger partial charge in [-0.3, -0.25) is 9.59 Å². The Bertz CT molecular complexity index is 1270. The number of aromatic nitrogens is 2. The first kappa shape index (κ1) is 28.3. The number of nitrogens with two attached hydrogens (primary N) is 1. The molecule has 10 nitrogen and oxygen atoms in total. The third kappa shape index (κ3) is 7.84. The summed E-state index contributed by atoms with van der Waals surface area (Å²) in [5.74, 6) is 0.850. The summed E-state index contributed by atoms with van der Waals surface area (Å²) >= 11 is 5.73. The number of carbonyl (C=O) groups is 2. The van der Waals surface area contributed by atoms with Crippen LogP contribution < -0.4 is 25.4 Å². The first-order valence-corrected chi connectivity index (χ1v) is 12.2. The minimum Gasteiger partial charge on any atom is -0.490 e. The normalized spacial score (nSPS) is 14.1. The maximum atomic E-state index is 11.3. The molecule has 0 radical (unpaired) electrons. The first-order valence-electron chi connectivity index (χ1n) is 11.8. The molecular formula is C27H31ClN6O4. The maximum absolute atomic E-state index is 11.3. The molecule has 4 rings (SSSR count). The number of carbonyl (C=O) groups excluding carboxylic acids is 2. The molecule has 2 heterocycles. The maximum Gasteiger partial charge on any atom is 0.267 e. The molecule has 1 atom stereocenters. The zero-order valence-electron chi connectivity index (χ0n) is 21.6. The van der Waals surface area contributed by atoms with Gasteiger partial charge in [0.25, 0.3) is 5.88 Å². The lowest BCUT2D eigenvalue weighted by atomic mass is 10.2. The van der Waals surface area contributed by atoms with Crippen LogP contribution in [0.4, 0.5) is 17.1 Å². The van der Waals surface area contributed by atoms with Crippen molar-refractivity contribution >= 4 is 40.5 Å². The fraction of sp³-hybridized carbons (Fsp3) is 0.259. The van der Waals surface area contributed by atoms with Crippen LogP contribution in [0.5, 0.6) is 17.4 Å². The Hall–Kier alpha value is -4.31. The van der Waals surface area contributed by atoms with Gasteiger partial charge in [-0.25, -0.2) is 4.98 Å². The molecule has 2 aromatic carbocycles. The van der Waals surface area contributed by atoms with Gasteiger partial charge in [0, 0.05) is 56.2 Å². The molecule has 1 aliphatic heterocycles. The highest BCUT2D eigenvalue weighted by atomic mass is 35.5. The molecule has 3 N–H and O–H groups in total. The van der Waals surface area contributed by atoms with Gasteiger partial charge in [-0.1, -0.05) is 12.6 Å². The topological polar surface area (TPSA) is 123 Å². The number of likely N-dealkylation sites (tertiary alicyclic amines) is 1. The van der Waals surface area contributed by atoms with Crippen LogP contribution in [0.3, 0.4) is 0 Å². The molecule has 2 amide bonds. The van der Waals surface area contributed by atoms with Crippen molar-refractivity contribution in [1.82, 2.24) is 14.9 Å². The van der Waals surface area contributed by atoms with Crippen LogP contribution in [-0.2, 0) is 9.59 Å². The van der Waals surface area contributed by atoms with Crippen LogP contribution in [0.25, 0.3) is 0 Å². The third-order valence-electron chi connectivity index (χ3n) is 5.87.